The Balaban J connectivity index is 1.55. The Kier molecular flexibility index (Phi) is 8.31. The molecular formula is C26H34N4O6S. The van der Waals surface area contributed by atoms with Gasteiger partial charge in [-0.15, -0.1) is 0 Å². The highest BCUT2D eigenvalue weighted by molar-refractivity contribution is 7.83. The molecule has 1 aromatic rings. The summed E-state index contributed by atoms with van der Waals surface area (Å²) in [6.45, 7) is 2.26. The molecule has 0 spiro atoms. The standard InChI is InChI=1S/C26H34N4O6S/c1-17-11-13-19(14-12-17)37(35)29-24(33)26-16-18(26)8-5-3-2-4-6-10-21(36-25(27)34)23(32)30-15-7-9-20(30)22(31)28-26/h5,8,11-14,18,20-21H,2-4,6-7,9-10,15-16H2,1H3,(H2,27,34)(H,28,31)(H,29,33)/b8-5+/t18?,20?,21?,26-,37?/m1/s1. The fourth-order valence-electron chi connectivity index (χ4n) is 5.07. The second kappa shape index (κ2) is 11.5. The molecule has 0 aromatic heterocycles. The molecule has 4 N–H and O–H groups in total. The molecule has 37 heavy (non-hydrogen) atoms. The lowest BCUT2D eigenvalue weighted by Crippen LogP contribution is -2.56. The van der Waals surface area contributed by atoms with E-state index in [9.17, 15) is 23.4 Å². The number of primary amides is 1. The lowest BCUT2D eigenvalue weighted by molar-refractivity contribution is -0.146. The summed E-state index contributed by atoms with van der Waals surface area (Å²) in [5, 5.41) is 2.89. The zero-order valence-corrected chi connectivity index (χ0v) is 21.8. The van der Waals surface area contributed by atoms with Crippen molar-refractivity contribution in [1.29, 1.82) is 0 Å². The molecule has 4 amide bonds. The topological polar surface area (TPSA) is 148 Å². The third kappa shape index (κ3) is 6.20. The number of hydrogen-bond acceptors (Lipinski definition) is 6. The number of nitrogens with two attached hydrogens (primary N) is 1. The Morgan fingerprint density at radius 1 is 1.14 bits per heavy atom. The van der Waals surface area contributed by atoms with E-state index in [0.29, 0.717) is 43.5 Å². The van der Waals surface area contributed by atoms with Crippen LogP contribution in [0.5, 0.6) is 0 Å². The minimum atomic E-state index is -1.79. The van der Waals surface area contributed by atoms with Gasteiger partial charge in [0, 0.05) is 12.5 Å². The number of carbonyl (C=O) groups excluding carboxylic acids is 4. The summed E-state index contributed by atoms with van der Waals surface area (Å²) in [6.07, 6.45) is 6.70. The minimum Gasteiger partial charge on any atom is -0.436 e. The summed E-state index contributed by atoms with van der Waals surface area (Å²) in [7, 11) is -1.79. The number of rotatable bonds is 4. The van der Waals surface area contributed by atoms with Crippen LogP contribution in [0.2, 0.25) is 0 Å². The molecule has 0 bridgehead atoms. The molecule has 200 valence electrons. The number of benzene rings is 1. The monoisotopic (exact) mass is 530 g/mol. The van der Waals surface area contributed by atoms with Crippen LogP contribution in [0, 0.1) is 12.8 Å². The summed E-state index contributed by atoms with van der Waals surface area (Å²) < 4.78 is 20.5. The molecule has 1 saturated heterocycles. The number of nitrogens with one attached hydrogen (secondary N) is 2. The fraction of sp³-hybridized carbons (Fsp3) is 0.538. The zero-order chi connectivity index (χ0) is 26.6. The van der Waals surface area contributed by atoms with Crippen molar-refractivity contribution in [3.05, 3.63) is 42.0 Å². The van der Waals surface area contributed by atoms with E-state index < -0.39 is 52.5 Å². The van der Waals surface area contributed by atoms with E-state index in [1.807, 2.05) is 31.2 Å². The van der Waals surface area contributed by atoms with Crippen molar-refractivity contribution in [3.63, 3.8) is 0 Å². The second-order valence-corrected chi connectivity index (χ2v) is 11.2. The average molecular weight is 531 g/mol. The van der Waals surface area contributed by atoms with Crippen LogP contribution in [0.1, 0.15) is 56.9 Å². The van der Waals surface area contributed by atoms with E-state index in [1.165, 1.54) is 4.90 Å². The first-order valence-corrected chi connectivity index (χ1v) is 13.9. The van der Waals surface area contributed by atoms with Crippen LogP contribution >= 0.6 is 0 Å². The van der Waals surface area contributed by atoms with Gasteiger partial charge in [-0.05, 0) is 64.0 Å². The molecule has 2 aliphatic heterocycles. The molecule has 1 aliphatic carbocycles. The number of carbonyl (C=O) groups is 4. The van der Waals surface area contributed by atoms with Crippen LogP contribution in [-0.2, 0) is 30.1 Å². The predicted octanol–water partition coefficient (Wildman–Crippen LogP) is 1.98. The molecule has 4 unspecified atom stereocenters. The third-order valence-electron chi connectivity index (χ3n) is 7.26. The van der Waals surface area contributed by atoms with E-state index in [-0.39, 0.29) is 5.92 Å². The molecule has 2 fully saturated rings. The smallest absolute Gasteiger partial charge is 0.405 e. The largest absolute Gasteiger partial charge is 0.436 e. The number of ether oxygens (including phenoxy) is 1. The molecule has 4 rings (SSSR count). The van der Waals surface area contributed by atoms with Crippen LogP contribution in [0.4, 0.5) is 4.79 Å². The molecule has 3 aliphatic rings. The van der Waals surface area contributed by atoms with Crippen molar-refractivity contribution in [1.82, 2.24) is 14.9 Å². The van der Waals surface area contributed by atoms with Gasteiger partial charge in [-0.2, -0.15) is 0 Å². The van der Waals surface area contributed by atoms with E-state index in [2.05, 4.69) is 10.0 Å². The highest BCUT2D eigenvalue weighted by Gasteiger charge is 2.61. The van der Waals surface area contributed by atoms with Crippen molar-refractivity contribution in [2.45, 2.75) is 80.9 Å². The van der Waals surface area contributed by atoms with Crippen LogP contribution in [0.3, 0.4) is 0 Å². The van der Waals surface area contributed by atoms with Crippen LogP contribution < -0.4 is 15.8 Å². The van der Waals surface area contributed by atoms with Gasteiger partial charge < -0.3 is 20.7 Å². The number of nitrogens with zero attached hydrogens (tertiary/aromatic N) is 1. The maximum absolute atomic E-state index is 13.4. The van der Waals surface area contributed by atoms with Crippen LogP contribution in [0.15, 0.2) is 41.3 Å². The number of allylic oxidation sites excluding steroid dienone is 1. The van der Waals surface area contributed by atoms with Crippen molar-refractivity contribution in [2.75, 3.05) is 6.54 Å². The molecule has 10 nitrogen and oxygen atoms in total. The molecule has 1 saturated carbocycles. The lowest BCUT2D eigenvalue weighted by atomic mass is 10.1. The summed E-state index contributed by atoms with van der Waals surface area (Å²) in [5.74, 6) is -1.67. The van der Waals surface area contributed by atoms with E-state index >= 15 is 0 Å². The normalized spacial score (nSPS) is 30.0. The molecule has 0 radical (unpaired) electrons. The third-order valence-corrected chi connectivity index (χ3v) is 8.34. The van der Waals surface area contributed by atoms with Crippen molar-refractivity contribution in [2.24, 2.45) is 11.7 Å². The highest BCUT2D eigenvalue weighted by atomic mass is 32.2. The second-order valence-electron chi connectivity index (χ2n) is 9.97. The van der Waals surface area contributed by atoms with Crippen LogP contribution in [0.25, 0.3) is 0 Å². The van der Waals surface area contributed by atoms with Gasteiger partial charge in [-0.1, -0.05) is 36.3 Å². The first-order chi connectivity index (χ1) is 17.7. The minimum absolute atomic E-state index is 0.243. The van der Waals surface area contributed by atoms with Gasteiger partial charge in [0.25, 0.3) is 11.8 Å². The molecule has 11 heteroatoms. The van der Waals surface area contributed by atoms with Crippen molar-refractivity contribution < 1.29 is 28.1 Å². The zero-order valence-electron chi connectivity index (χ0n) is 20.9. The summed E-state index contributed by atoms with van der Waals surface area (Å²) in [5.41, 5.74) is 4.97. The first kappa shape index (κ1) is 26.8. The quantitative estimate of drug-likeness (QED) is 0.507. The molecule has 1 aromatic carbocycles. The van der Waals surface area contributed by atoms with Crippen molar-refractivity contribution in [3.8, 4) is 0 Å². The first-order valence-electron chi connectivity index (χ1n) is 12.8. The molecule has 5 atom stereocenters. The highest BCUT2D eigenvalue weighted by Crippen LogP contribution is 2.45. The Labute approximate surface area is 218 Å². The molecule has 2 heterocycles. The van der Waals surface area contributed by atoms with Crippen molar-refractivity contribution >= 4 is 34.8 Å². The predicted molar refractivity (Wildman–Crippen MR) is 136 cm³/mol. The lowest BCUT2D eigenvalue weighted by Gasteiger charge is -2.29. The Morgan fingerprint density at radius 3 is 2.62 bits per heavy atom. The maximum atomic E-state index is 13.4. The number of amides is 4. The summed E-state index contributed by atoms with van der Waals surface area (Å²) in [4.78, 5) is 53.4. The number of aryl methyl sites for hydroxylation is 1. The Hall–Kier alpha value is -3.21. The summed E-state index contributed by atoms with van der Waals surface area (Å²) in [6, 6.07) is 6.21. The fourth-order valence-corrected chi connectivity index (χ4v) is 5.92. The average Bonchev–Trinajstić information content (AvgIpc) is 3.32. The maximum Gasteiger partial charge on any atom is 0.405 e. The van der Waals surface area contributed by atoms with E-state index in [4.69, 9.17) is 10.5 Å². The van der Waals surface area contributed by atoms with Gasteiger partial charge in [0.15, 0.2) is 17.1 Å². The van der Waals surface area contributed by atoms with Gasteiger partial charge in [-0.3, -0.25) is 19.1 Å². The van der Waals surface area contributed by atoms with Gasteiger partial charge in [0.2, 0.25) is 5.91 Å². The van der Waals surface area contributed by atoms with Crippen LogP contribution in [-0.4, -0.2) is 57.2 Å². The van der Waals surface area contributed by atoms with Gasteiger partial charge in [0.1, 0.15) is 11.6 Å². The Bertz CT molecular complexity index is 1110. The van der Waals surface area contributed by atoms with E-state index in [1.54, 1.807) is 12.1 Å². The van der Waals surface area contributed by atoms with E-state index in [0.717, 1.165) is 24.8 Å². The van der Waals surface area contributed by atoms with Gasteiger partial charge in [-0.25, -0.2) is 9.00 Å². The number of fused-ring (bicyclic) bond motifs is 2. The number of hydrogen-bond donors (Lipinski definition) is 3. The summed E-state index contributed by atoms with van der Waals surface area (Å²) >= 11 is 0. The SMILES string of the molecule is Cc1ccc(S(=O)NC(=O)[C@@]23CC2/C=C/CCCCCC(OC(N)=O)C(=O)N2CCCC2C(=O)N3)cc1. The van der Waals surface area contributed by atoms with Gasteiger partial charge in [0.05, 0.1) is 4.90 Å². The Morgan fingerprint density at radius 2 is 1.89 bits per heavy atom. The van der Waals surface area contributed by atoms with Gasteiger partial charge >= 0.3 is 6.09 Å². The molecular weight excluding hydrogens is 496 g/mol.